The topological polar surface area (TPSA) is 45.2 Å². The van der Waals surface area contributed by atoms with E-state index in [2.05, 4.69) is 27.7 Å². The number of aromatic nitrogens is 1. The molecule has 1 amide bonds. The minimum Gasteiger partial charge on any atom is -0.349 e. The van der Waals surface area contributed by atoms with Crippen LogP contribution in [-0.4, -0.2) is 34.9 Å². The van der Waals surface area contributed by atoms with E-state index >= 15 is 0 Å². The molecule has 1 aliphatic heterocycles. The second-order valence-electron chi connectivity index (χ2n) is 6.90. The molecule has 1 N–H and O–H groups in total. The summed E-state index contributed by atoms with van der Waals surface area (Å²) in [7, 11) is 0. The molecule has 3 aromatic rings. The third-order valence-corrected chi connectivity index (χ3v) is 5.86. The molecule has 5 heteroatoms. The number of hydrogen-bond acceptors (Lipinski definition) is 4. The summed E-state index contributed by atoms with van der Waals surface area (Å²) in [4.78, 5) is 19.5. The summed E-state index contributed by atoms with van der Waals surface area (Å²) in [5.74, 6) is 0.0288. The summed E-state index contributed by atoms with van der Waals surface area (Å²) in [5.41, 5.74) is 3.04. The lowest BCUT2D eigenvalue weighted by atomic mass is 10.0. The Hall–Kier alpha value is -2.50. The van der Waals surface area contributed by atoms with Crippen molar-refractivity contribution in [1.29, 1.82) is 0 Å². The minimum atomic E-state index is 0.0288. The third kappa shape index (κ3) is 4.62. The van der Waals surface area contributed by atoms with Crippen LogP contribution in [0.1, 0.15) is 28.9 Å². The molecular weight excluding hydrogens is 354 g/mol. The zero-order chi connectivity index (χ0) is 18.5. The molecule has 1 aromatic heterocycles. The molecule has 1 fully saturated rings. The lowest BCUT2D eigenvalue weighted by Crippen LogP contribution is -2.44. The quantitative estimate of drug-likeness (QED) is 0.725. The molecule has 4 rings (SSSR count). The second-order valence-corrected chi connectivity index (χ2v) is 7.76. The number of hydrogen-bond donors (Lipinski definition) is 1. The van der Waals surface area contributed by atoms with Gasteiger partial charge >= 0.3 is 0 Å². The number of rotatable bonds is 5. The average Bonchev–Trinajstić information content (AvgIpc) is 3.19. The molecule has 2 aromatic carbocycles. The van der Waals surface area contributed by atoms with Gasteiger partial charge in [0, 0.05) is 42.2 Å². The zero-order valence-electron chi connectivity index (χ0n) is 15.2. The van der Waals surface area contributed by atoms with Crippen molar-refractivity contribution in [2.24, 2.45) is 0 Å². The van der Waals surface area contributed by atoms with E-state index in [1.54, 1.807) is 11.3 Å². The largest absolute Gasteiger partial charge is 0.349 e. The molecule has 0 aliphatic carbocycles. The van der Waals surface area contributed by atoms with Crippen molar-refractivity contribution >= 4 is 17.2 Å². The molecule has 0 saturated carbocycles. The van der Waals surface area contributed by atoms with E-state index in [1.807, 2.05) is 48.5 Å². The molecule has 0 radical (unpaired) electrons. The Balaban J connectivity index is 1.27. The third-order valence-electron chi connectivity index (χ3n) is 4.92. The number of nitrogens with zero attached hydrogens (tertiary/aromatic N) is 2. The van der Waals surface area contributed by atoms with Crippen LogP contribution in [0.25, 0.3) is 10.6 Å². The first-order valence-electron chi connectivity index (χ1n) is 9.36. The van der Waals surface area contributed by atoms with Gasteiger partial charge < -0.3 is 5.32 Å². The maximum Gasteiger partial charge on any atom is 0.251 e. The molecule has 0 bridgehead atoms. The first kappa shape index (κ1) is 17.9. The standard InChI is InChI=1S/C22H23N3OS/c26-21(17-7-3-1-4-8-17)23-19-11-13-25(14-12-19)15-20-16-27-22(24-20)18-9-5-2-6-10-18/h1-10,16,19H,11-15H2,(H,23,26). The molecule has 138 valence electrons. The van der Waals surface area contributed by atoms with Crippen LogP contribution in [0.3, 0.4) is 0 Å². The highest BCUT2D eigenvalue weighted by Crippen LogP contribution is 2.24. The molecular formula is C22H23N3OS. The Morgan fingerprint density at radius 3 is 2.41 bits per heavy atom. The van der Waals surface area contributed by atoms with Gasteiger partial charge in [-0.2, -0.15) is 0 Å². The Morgan fingerprint density at radius 1 is 1.04 bits per heavy atom. The fraction of sp³-hybridized carbons (Fsp3) is 0.273. The number of nitrogens with one attached hydrogen (secondary N) is 1. The van der Waals surface area contributed by atoms with Crippen LogP contribution in [0, 0.1) is 0 Å². The van der Waals surface area contributed by atoms with Crippen molar-refractivity contribution in [3.05, 3.63) is 77.3 Å². The van der Waals surface area contributed by atoms with Crippen LogP contribution in [0.4, 0.5) is 0 Å². The first-order chi connectivity index (χ1) is 13.3. The summed E-state index contributed by atoms with van der Waals surface area (Å²) in [6, 6.07) is 20.0. The van der Waals surface area contributed by atoms with Crippen LogP contribution < -0.4 is 5.32 Å². The Kier molecular flexibility index (Phi) is 5.61. The Labute approximate surface area is 163 Å². The van der Waals surface area contributed by atoms with Crippen LogP contribution in [0.5, 0.6) is 0 Å². The van der Waals surface area contributed by atoms with Crippen molar-refractivity contribution in [3.63, 3.8) is 0 Å². The Bertz CT molecular complexity index is 871. The van der Waals surface area contributed by atoms with Crippen LogP contribution >= 0.6 is 11.3 Å². The van der Waals surface area contributed by atoms with Crippen molar-refractivity contribution < 1.29 is 4.79 Å². The van der Waals surface area contributed by atoms with Gasteiger partial charge in [0.1, 0.15) is 5.01 Å². The molecule has 27 heavy (non-hydrogen) atoms. The minimum absolute atomic E-state index is 0.0288. The fourth-order valence-corrected chi connectivity index (χ4v) is 4.23. The van der Waals surface area contributed by atoms with Crippen molar-refractivity contribution in [1.82, 2.24) is 15.2 Å². The number of carbonyl (C=O) groups excluding carboxylic acids is 1. The van der Waals surface area contributed by atoms with Gasteiger partial charge in [-0.05, 0) is 25.0 Å². The number of likely N-dealkylation sites (tertiary alicyclic amines) is 1. The molecule has 1 aliphatic rings. The average molecular weight is 378 g/mol. The lowest BCUT2D eigenvalue weighted by Gasteiger charge is -2.31. The van der Waals surface area contributed by atoms with Gasteiger partial charge in [0.2, 0.25) is 0 Å². The van der Waals surface area contributed by atoms with Gasteiger partial charge in [-0.3, -0.25) is 9.69 Å². The zero-order valence-corrected chi connectivity index (χ0v) is 16.0. The van der Waals surface area contributed by atoms with Crippen molar-refractivity contribution in [2.75, 3.05) is 13.1 Å². The van der Waals surface area contributed by atoms with Gasteiger partial charge in [-0.15, -0.1) is 11.3 Å². The van der Waals surface area contributed by atoms with Gasteiger partial charge in [0.25, 0.3) is 5.91 Å². The van der Waals surface area contributed by atoms with E-state index in [9.17, 15) is 4.79 Å². The van der Waals surface area contributed by atoms with Gasteiger partial charge in [0.05, 0.1) is 5.69 Å². The molecule has 0 atom stereocenters. The van der Waals surface area contributed by atoms with Crippen molar-refractivity contribution in [3.8, 4) is 10.6 Å². The van der Waals surface area contributed by atoms with Crippen LogP contribution in [0.2, 0.25) is 0 Å². The summed E-state index contributed by atoms with van der Waals surface area (Å²) >= 11 is 1.70. The van der Waals surface area contributed by atoms with Gasteiger partial charge in [0.15, 0.2) is 0 Å². The van der Waals surface area contributed by atoms with E-state index < -0.39 is 0 Å². The van der Waals surface area contributed by atoms with Gasteiger partial charge in [-0.1, -0.05) is 48.5 Å². The summed E-state index contributed by atoms with van der Waals surface area (Å²) in [6.07, 6.45) is 1.96. The maximum atomic E-state index is 12.3. The van der Waals surface area contributed by atoms with E-state index in [4.69, 9.17) is 4.98 Å². The highest BCUT2D eigenvalue weighted by atomic mass is 32.1. The fourth-order valence-electron chi connectivity index (χ4n) is 3.42. The number of thiazole rings is 1. The second kappa shape index (κ2) is 8.46. The van der Waals surface area contributed by atoms with E-state index in [0.29, 0.717) is 0 Å². The molecule has 1 saturated heterocycles. The van der Waals surface area contributed by atoms with Crippen LogP contribution in [0.15, 0.2) is 66.0 Å². The number of amides is 1. The van der Waals surface area contributed by atoms with Gasteiger partial charge in [-0.25, -0.2) is 4.98 Å². The summed E-state index contributed by atoms with van der Waals surface area (Å²) in [5, 5.41) is 6.40. The SMILES string of the molecule is O=C(NC1CCN(Cc2csc(-c3ccccc3)n2)CC1)c1ccccc1. The molecule has 4 nitrogen and oxygen atoms in total. The molecule has 0 unspecified atom stereocenters. The molecule has 2 heterocycles. The number of piperidine rings is 1. The van der Waals surface area contributed by atoms with Crippen molar-refractivity contribution in [2.45, 2.75) is 25.4 Å². The number of benzene rings is 2. The predicted octanol–water partition coefficient (Wildman–Crippen LogP) is 4.20. The van der Waals surface area contributed by atoms with Crippen LogP contribution in [-0.2, 0) is 6.54 Å². The monoisotopic (exact) mass is 377 g/mol. The Morgan fingerprint density at radius 2 is 1.70 bits per heavy atom. The highest BCUT2D eigenvalue weighted by molar-refractivity contribution is 7.13. The highest BCUT2D eigenvalue weighted by Gasteiger charge is 2.21. The lowest BCUT2D eigenvalue weighted by molar-refractivity contribution is 0.0908. The maximum absolute atomic E-state index is 12.3. The predicted molar refractivity (Wildman–Crippen MR) is 110 cm³/mol. The molecule has 0 spiro atoms. The smallest absolute Gasteiger partial charge is 0.251 e. The normalized spacial score (nSPS) is 15.6. The number of carbonyl (C=O) groups is 1. The van der Waals surface area contributed by atoms with E-state index in [0.717, 1.165) is 48.7 Å². The summed E-state index contributed by atoms with van der Waals surface area (Å²) in [6.45, 7) is 2.85. The van der Waals surface area contributed by atoms with E-state index in [-0.39, 0.29) is 11.9 Å². The van der Waals surface area contributed by atoms with E-state index in [1.165, 1.54) is 5.56 Å². The first-order valence-corrected chi connectivity index (χ1v) is 10.2. The summed E-state index contributed by atoms with van der Waals surface area (Å²) < 4.78 is 0.